The summed E-state index contributed by atoms with van der Waals surface area (Å²) in [5, 5.41) is 11.7. The Balaban J connectivity index is 1.88. The molecule has 0 aromatic heterocycles. The van der Waals surface area contributed by atoms with Gasteiger partial charge in [0.2, 0.25) is 5.91 Å². The number of aliphatic hydroxyl groups is 1. The molecule has 1 aromatic carbocycles. The molecule has 98 valence electrons. The number of carbonyl (C=O) groups is 1. The summed E-state index contributed by atoms with van der Waals surface area (Å²) >= 11 is 0. The normalized spacial score (nSPS) is 15.4. The zero-order chi connectivity index (χ0) is 13.0. The number of fused-ring (bicyclic) bond motifs is 1. The van der Waals surface area contributed by atoms with Crippen LogP contribution in [0.3, 0.4) is 0 Å². The smallest absolute Gasteiger partial charge is 0.248 e. The predicted octanol–water partition coefficient (Wildman–Crippen LogP) is 1.05. The summed E-state index contributed by atoms with van der Waals surface area (Å²) in [5.74, 6) is 0.661. The summed E-state index contributed by atoms with van der Waals surface area (Å²) in [6.45, 7) is 2.81. The van der Waals surface area contributed by atoms with Gasteiger partial charge in [0.15, 0.2) is 0 Å². The van der Waals surface area contributed by atoms with Gasteiger partial charge in [-0.1, -0.05) is 12.1 Å². The second-order valence-corrected chi connectivity index (χ2v) is 4.61. The van der Waals surface area contributed by atoms with Crippen LogP contribution < -0.4 is 10.1 Å². The van der Waals surface area contributed by atoms with Crippen LogP contribution in [0.15, 0.2) is 18.2 Å². The van der Waals surface area contributed by atoms with Crippen molar-refractivity contribution in [2.75, 3.05) is 13.2 Å². The molecule has 0 aliphatic carbocycles. The van der Waals surface area contributed by atoms with Crippen molar-refractivity contribution in [1.82, 2.24) is 5.32 Å². The Hall–Kier alpha value is -1.55. The Morgan fingerprint density at radius 2 is 2.39 bits per heavy atom. The number of rotatable bonds is 4. The molecule has 0 bridgehead atoms. The highest BCUT2D eigenvalue weighted by molar-refractivity contribution is 5.79. The van der Waals surface area contributed by atoms with Gasteiger partial charge in [-0.2, -0.15) is 0 Å². The minimum Gasteiger partial charge on any atom is -0.493 e. The minimum atomic E-state index is -0.943. The van der Waals surface area contributed by atoms with Crippen LogP contribution in [0, 0.1) is 0 Å². The molecule has 0 saturated carbocycles. The number of aryl methyl sites for hydroxylation is 1. The molecule has 4 nitrogen and oxygen atoms in total. The number of hydrogen-bond donors (Lipinski definition) is 2. The van der Waals surface area contributed by atoms with Gasteiger partial charge in [-0.15, -0.1) is 0 Å². The van der Waals surface area contributed by atoms with E-state index in [1.165, 1.54) is 18.1 Å². The van der Waals surface area contributed by atoms with Gasteiger partial charge in [0.1, 0.15) is 11.9 Å². The highest BCUT2D eigenvalue weighted by Gasteiger charge is 2.11. The van der Waals surface area contributed by atoms with Gasteiger partial charge in [-0.05, 0) is 43.4 Å². The molecule has 0 spiro atoms. The average molecular weight is 249 g/mol. The molecule has 1 atom stereocenters. The maximum atomic E-state index is 11.2. The lowest BCUT2D eigenvalue weighted by Crippen LogP contribution is -2.33. The Bertz CT molecular complexity index is 429. The van der Waals surface area contributed by atoms with E-state index in [1.54, 1.807) is 0 Å². The van der Waals surface area contributed by atoms with Crippen LogP contribution >= 0.6 is 0 Å². The predicted molar refractivity (Wildman–Crippen MR) is 68.7 cm³/mol. The Kier molecular flexibility index (Phi) is 4.20. The molecule has 1 aliphatic rings. The van der Waals surface area contributed by atoms with E-state index in [9.17, 15) is 4.79 Å². The van der Waals surface area contributed by atoms with Gasteiger partial charge in [0.25, 0.3) is 0 Å². The quantitative estimate of drug-likeness (QED) is 0.838. The summed E-state index contributed by atoms with van der Waals surface area (Å²) in [7, 11) is 0. The number of aliphatic hydroxyl groups excluding tert-OH is 1. The first-order valence-corrected chi connectivity index (χ1v) is 6.37. The number of ether oxygens (including phenoxy) is 1. The van der Waals surface area contributed by atoms with Gasteiger partial charge >= 0.3 is 0 Å². The lowest BCUT2D eigenvalue weighted by molar-refractivity contribution is -0.128. The van der Waals surface area contributed by atoms with Crippen molar-refractivity contribution in [3.8, 4) is 5.75 Å². The Labute approximate surface area is 107 Å². The fourth-order valence-corrected chi connectivity index (χ4v) is 2.05. The lowest BCUT2D eigenvalue weighted by atomic mass is 10.0. The van der Waals surface area contributed by atoms with Crippen molar-refractivity contribution >= 4 is 5.91 Å². The molecule has 0 radical (unpaired) electrons. The van der Waals surface area contributed by atoms with E-state index in [0.29, 0.717) is 6.54 Å². The molecule has 1 unspecified atom stereocenters. The molecule has 2 N–H and O–H groups in total. The van der Waals surface area contributed by atoms with Gasteiger partial charge in [0, 0.05) is 6.54 Å². The van der Waals surface area contributed by atoms with Crippen molar-refractivity contribution in [3.05, 3.63) is 29.3 Å². The van der Waals surface area contributed by atoms with Crippen molar-refractivity contribution in [2.24, 2.45) is 0 Å². The first-order chi connectivity index (χ1) is 8.66. The molecule has 18 heavy (non-hydrogen) atoms. The Morgan fingerprint density at radius 3 is 3.17 bits per heavy atom. The molecule has 0 fully saturated rings. The van der Waals surface area contributed by atoms with E-state index < -0.39 is 6.10 Å². The number of nitrogens with one attached hydrogen (secondary N) is 1. The van der Waals surface area contributed by atoms with Crippen LogP contribution in [0.2, 0.25) is 0 Å². The molecular weight excluding hydrogens is 230 g/mol. The highest BCUT2D eigenvalue weighted by Crippen LogP contribution is 2.25. The minimum absolute atomic E-state index is 0.323. The third-order valence-corrected chi connectivity index (χ3v) is 3.07. The van der Waals surface area contributed by atoms with Gasteiger partial charge in [-0.25, -0.2) is 0 Å². The fraction of sp³-hybridized carbons (Fsp3) is 0.500. The summed E-state index contributed by atoms with van der Waals surface area (Å²) in [5.41, 5.74) is 2.44. The SMILES string of the molecule is CC(O)C(=O)NCCc1ccc2c(c1)CCCO2. The Morgan fingerprint density at radius 1 is 1.56 bits per heavy atom. The third kappa shape index (κ3) is 3.23. The summed E-state index contributed by atoms with van der Waals surface area (Å²) < 4.78 is 5.55. The average Bonchev–Trinajstić information content (AvgIpc) is 2.38. The van der Waals surface area contributed by atoms with E-state index in [2.05, 4.69) is 11.4 Å². The maximum Gasteiger partial charge on any atom is 0.248 e. The molecule has 1 amide bonds. The molecular formula is C14H19NO3. The molecule has 2 rings (SSSR count). The van der Waals surface area contributed by atoms with E-state index >= 15 is 0 Å². The largest absolute Gasteiger partial charge is 0.493 e. The molecule has 1 heterocycles. The molecule has 4 heteroatoms. The monoisotopic (exact) mass is 249 g/mol. The van der Waals surface area contributed by atoms with Crippen molar-refractivity contribution in [1.29, 1.82) is 0 Å². The van der Waals surface area contributed by atoms with Crippen molar-refractivity contribution in [3.63, 3.8) is 0 Å². The molecule has 1 aliphatic heterocycles. The number of carbonyl (C=O) groups excluding carboxylic acids is 1. The topological polar surface area (TPSA) is 58.6 Å². The second-order valence-electron chi connectivity index (χ2n) is 4.61. The van der Waals surface area contributed by atoms with Crippen molar-refractivity contribution < 1.29 is 14.6 Å². The number of hydrogen-bond acceptors (Lipinski definition) is 3. The highest BCUT2D eigenvalue weighted by atomic mass is 16.5. The third-order valence-electron chi connectivity index (χ3n) is 3.07. The summed E-state index contributed by atoms with van der Waals surface area (Å²) in [4.78, 5) is 11.2. The lowest BCUT2D eigenvalue weighted by Gasteiger charge is -2.18. The van der Waals surface area contributed by atoms with Crippen LogP contribution in [-0.4, -0.2) is 30.3 Å². The van der Waals surface area contributed by atoms with Crippen LogP contribution in [0.1, 0.15) is 24.5 Å². The van der Waals surface area contributed by atoms with Gasteiger partial charge in [0.05, 0.1) is 6.61 Å². The van der Waals surface area contributed by atoms with Gasteiger partial charge in [-0.3, -0.25) is 4.79 Å². The first-order valence-electron chi connectivity index (χ1n) is 6.37. The van der Waals surface area contributed by atoms with Crippen molar-refractivity contribution in [2.45, 2.75) is 32.3 Å². The second kappa shape index (κ2) is 5.87. The molecule has 1 aromatic rings. The van der Waals surface area contributed by atoms with E-state index in [4.69, 9.17) is 9.84 Å². The summed E-state index contributed by atoms with van der Waals surface area (Å²) in [6.07, 6.45) is 1.95. The maximum absolute atomic E-state index is 11.2. The van der Waals surface area contributed by atoms with Crippen LogP contribution in [0.25, 0.3) is 0 Å². The van der Waals surface area contributed by atoms with E-state index in [0.717, 1.165) is 31.6 Å². The van der Waals surface area contributed by atoms with Crippen LogP contribution in [-0.2, 0) is 17.6 Å². The standard InChI is InChI=1S/C14H19NO3/c1-10(16)14(17)15-7-6-11-4-5-13-12(9-11)3-2-8-18-13/h4-5,9-10,16H,2-3,6-8H2,1H3,(H,15,17). The fourth-order valence-electron chi connectivity index (χ4n) is 2.05. The number of benzene rings is 1. The number of amides is 1. The van der Waals surface area contributed by atoms with E-state index in [1.807, 2.05) is 12.1 Å². The zero-order valence-corrected chi connectivity index (χ0v) is 10.6. The summed E-state index contributed by atoms with van der Waals surface area (Å²) in [6, 6.07) is 6.17. The van der Waals surface area contributed by atoms with Crippen LogP contribution in [0.5, 0.6) is 5.75 Å². The molecule has 0 saturated heterocycles. The van der Waals surface area contributed by atoms with Gasteiger partial charge < -0.3 is 15.2 Å². The zero-order valence-electron chi connectivity index (χ0n) is 10.6. The van der Waals surface area contributed by atoms with E-state index in [-0.39, 0.29) is 5.91 Å². The first kappa shape index (κ1) is 12.9. The van der Waals surface area contributed by atoms with Crippen LogP contribution in [0.4, 0.5) is 0 Å².